The molecule has 8 bridgehead atoms. The number of aliphatic hydroxyl groups excluding tert-OH is 4. The molecule has 0 saturated heterocycles. The van der Waals surface area contributed by atoms with Gasteiger partial charge in [0.25, 0.3) is 0 Å². The van der Waals surface area contributed by atoms with Crippen LogP contribution < -0.4 is 0 Å². The first-order chi connectivity index (χ1) is 25.5. The molecule has 0 aliphatic carbocycles. The Morgan fingerprint density at radius 2 is 0.904 bits per heavy atom. The average molecular weight is 677 g/mol. The van der Waals surface area contributed by atoms with Crippen molar-refractivity contribution in [3.8, 4) is 0 Å². The smallest absolute Gasteiger partial charge is 0.190 e. The summed E-state index contributed by atoms with van der Waals surface area (Å²) >= 11 is 0. The first-order valence-corrected chi connectivity index (χ1v) is 16.6. The molecular formula is C44H28N4O4. The zero-order valence-corrected chi connectivity index (χ0v) is 27.4. The summed E-state index contributed by atoms with van der Waals surface area (Å²) in [5, 5.41) is 45.8. The van der Waals surface area contributed by atoms with E-state index in [9.17, 15) is 20.4 Å². The molecule has 0 saturated carbocycles. The molecule has 4 aromatic carbocycles. The van der Waals surface area contributed by atoms with E-state index in [1.54, 1.807) is 6.08 Å². The van der Waals surface area contributed by atoms with Crippen molar-refractivity contribution < 1.29 is 20.4 Å². The normalized spacial score (nSPS) is 18.2. The fraction of sp³-hybridized carbons (Fsp3) is 0. The maximum Gasteiger partial charge on any atom is 0.190 e. The summed E-state index contributed by atoms with van der Waals surface area (Å²) in [6.45, 7) is 0. The van der Waals surface area contributed by atoms with E-state index < -0.39 is 17.3 Å². The minimum absolute atomic E-state index is 0.00746. The fourth-order valence-corrected chi connectivity index (χ4v) is 6.89. The van der Waals surface area contributed by atoms with E-state index in [4.69, 9.17) is 15.0 Å². The molecular weight excluding hydrogens is 649 g/mol. The lowest BCUT2D eigenvalue weighted by molar-refractivity contribution is 0.354. The van der Waals surface area contributed by atoms with Gasteiger partial charge in [-0.2, -0.15) is 0 Å². The molecule has 248 valence electrons. The maximum absolute atomic E-state index is 12.1. The van der Waals surface area contributed by atoms with E-state index in [1.165, 1.54) is 6.08 Å². The fourth-order valence-electron chi connectivity index (χ4n) is 6.89. The summed E-state index contributed by atoms with van der Waals surface area (Å²) in [4.78, 5) is 19.5. The van der Waals surface area contributed by atoms with E-state index in [0.717, 1.165) is 27.8 Å². The molecule has 0 radical (unpaired) electrons. The van der Waals surface area contributed by atoms with Crippen molar-refractivity contribution in [1.82, 2.24) is 0 Å². The third kappa shape index (κ3) is 5.01. The second kappa shape index (κ2) is 12.2. The summed E-state index contributed by atoms with van der Waals surface area (Å²) in [6, 6.07) is 39.1. The molecule has 9 rings (SSSR count). The summed E-state index contributed by atoms with van der Waals surface area (Å²) in [5.41, 5.74) is 8.07. The van der Waals surface area contributed by atoms with Crippen molar-refractivity contribution in [1.29, 1.82) is 0 Å². The van der Waals surface area contributed by atoms with Gasteiger partial charge in [-0.05, 0) is 46.6 Å². The lowest BCUT2D eigenvalue weighted by Crippen LogP contribution is -2.07. The summed E-state index contributed by atoms with van der Waals surface area (Å²) in [5.74, 6) is -2.12. The van der Waals surface area contributed by atoms with Crippen LogP contribution >= 0.6 is 0 Å². The van der Waals surface area contributed by atoms with E-state index in [-0.39, 0.29) is 22.9 Å². The number of aliphatic imine (C=N–C) groups is 4. The maximum atomic E-state index is 12.1. The largest absolute Gasteiger partial charge is 0.505 e. The minimum Gasteiger partial charge on any atom is -0.505 e. The van der Waals surface area contributed by atoms with E-state index in [0.29, 0.717) is 45.2 Å². The molecule has 0 amide bonds. The van der Waals surface area contributed by atoms with E-state index in [2.05, 4.69) is 4.99 Å². The number of rotatable bonds is 4. The average Bonchev–Trinajstić information content (AvgIpc) is 3.94. The highest BCUT2D eigenvalue weighted by Crippen LogP contribution is 2.47. The van der Waals surface area contributed by atoms with Crippen LogP contribution in [-0.2, 0) is 0 Å². The van der Waals surface area contributed by atoms with Crippen LogP contribution in [-0.4, -0.2) is 43.3 Å². The van der Waals surface area contributed by atoms with Crippen LogP contribution in [0.3, 0.4) is 0 Å². The minimum atomic E-state index is -0.648. The van der Waals surface area contributed by atoms with Crippen LogP contribution in [0.25, 0.3) is 22.3 Å². The molecule has 5 heterocycles. The number of hydrogen-bond donors (Lipinski definition) is 4. The van der Waals surface area contributed by atoms with Crippen molar-refractivity contribution in [3.05, 3.63) is 214 Å². The standard InChI is InChI=1S/C44H28N4O4/c49-41-32-24-30-22-21-29(45-30)23-31-33(25-13-5-1-6-14-25)34(26-15-7-2-8-16-26)37(46-31)35(27-17-9-3-10-18-27)38-36(28-19-11-4-12-20-28)42(50)39(48-38)43(51)40(47-32)44(41)52/h1-24,49-52H. The molecule has 5 aliphatic rings. The number of hydrogen-bond acceptors (Lipinski definition) is 8. The quantitative estimate of drug-likeness (QED) is 0.172. The summed E-state index contributed by atoms with van der Waals surface area (Å²) < 4.78 is 0. The Labute approximate surface area is 298 Å². The Bertz CT molecular complexity index is 2600. The topological polar surface area (TPSA) is 130 Å². The molecule has 52 heavy (non-hydrogen) atoms. The van der Waals surface area contributed by atoms with Gasteiger partial charge in [0.1, 0.15) is 5.70 Å². The monoisotopic (exact) mass is 676 g/mol. The van der Waals surface area contributed by atoms with Gasteiger partial charge in [-0.3, -0.25) is 0 Å². The highest BCUT2D eigenvalue weighted by Gasteiger charge is 2.38. The van der Waals surface area contributed by atoms with Crippen LogP contribution in [0.4, 0.5) is 0 Å². The Hall–Kier alpha value is -7.32. The first kappa shape index (κ1) is 30.7. The van der Waals surface area contributed by atoms with Gasteiger partial charge in [-0.1, -0.05) is 121 Å². The molecule has 8 heteroatoms. The van der Waals surface area contributed by atoms with Crippen molar-refractivity contribution >= 4 is 45.1 Å². The zero-order valence-electron chi connectivity index (χ0n) is 27.4. The first-order valence-electron chi connectivity index (χ1n) is 16.6. The molecule has 0 fully saturated rings. The molecule has 0 atom stereocenters. The Balaban J connectivity index is 1.47. The summed E-state index contributed by atoms with van der Waals surface area (Å²) in [6.07, 6.45) is 7.04. The van der Waals surface area contributed by atoms with Crippen LogP contribution in [0, 0.1) is 0 Å². The van der Waals surface area contributed by atoms with Gasteiger partial charge in [0.15, 0.2) is 34.4 Å². The number of fused-ring (bicyclic) bond motifs is 4. The SMILES string of the molecule is OC1=C(O)C2=NC1=CC1=NC(=CC3=NC(=C(c4ccccc4)C4=NC(=C2O)C(O)=C4c2ccccc2)C(c2ccccc2)=C3c2ccccc2)C=C1. The van der Waals surface area contributed by atoms with Gasteiger partial charge in [-0.25, -0.2) is 20.0 Å². The predicted molar refractivity (Wildman–Crippen MR) is 206 cm³/mol. The highest BCUT2D eigenvalue weighted by atomic mass is 16.3. The Kier molecular flexibility index (Phi) is 7.22. The van der Waals surface area contributed by atoms with Crippen LogP contribution in [0.1, 0.15) is 22.3 Å². The Morgan fingerprint density at radius 1 is 0.365 bits per heavy atom. The molecule has 4 N–H and O–H groups in total. The predicted octanol–water partition coefficient (Wildman–Crippen LogP) is 9.23. The number of aliphatic hydroxyl groups is 4. The lowest BCUT2D eigenvalue weighted by atomic mass is 9.85. The molecule has 0 aromatic heterocycles. The zero-order chi connectivity index (χ0) is 35.3. The van der Waals surface area contributed by atoms with Crippen LogP contribution in [0.5, 0.6) is 0 Å². The van der Waals surface area contributed by atoms with Crippen LogP contribution in [0.2, 0.25) is 0 Å². The van der Waals surface area contributed by atoms with Gasteiger partial charge in [0, 0.05) is 16.7 Å². The Morgan fingerprint density at radius 3 is 1.50 bits per heavy atom. The molecule has 8 nitrogen and oxygen atoms in total. The number of benzene rings is 4. The molecule has 0 spiro atoms. The second-order valence-electron chi connectivity index (χ2n) is 12.4. The van der Waals surface area contributed by atoms with Gasteiger partial charge in [-0.15, -0.1) is 0 Å². The van der Waals surface area contributed by atoms with Crippen molar-refractivity contribution in [2.75, 3.05) is 0 Å². The van der Waals surface area contributed by atoms with Crippen molar-refractivity contribution in [2.24, 2.45) is 20.0 Å². The summed E-state index contributed by atoms with van der Waals surface area (Å²) in [7, 11) is 0. The van der Waals surface area contributed by atoms with Gasteiger partial charge in [0.05, 0.1) is 34.1 Å². The second-order valence-corrected chi connectivity index (χ2v) is 12.4. The third-order valence-electron chi connectivity index (χ3n) is 9.24. The van der Waals surface area contributed by atoms with E-state index in [1.807, 2.05) is 133 Å². The third-order valence-corrected chi connectivity index (χ3v) is 9.24. The molecule has 4 aromatic rings. The van der Waals surface area contributed by atoms with Crippen molar-refractivity contribution in [2.45, 2.75) is 0 Å². The van der Waals surface area contributed by atoms with Crippen LogP contribution in [0.15, 0.2) is 211 Å². The molecule has 0 unspecified atom stereocenters. The van der Waals surface area contributed by atoms with Gasteiger partial charge < -0.3 is 20.4 Å². The number of nitrogens with zero attached hydrogens (tertiary/aromatic N) is 4. The van der Waals surface area contributed by atoms with Crippen molar-refractivity contribution in [3.63, 3.8) is 0 Å². The van der Waals surface area contributed by atoms with Gasteiger partial charge in [0.2, 0.25) is 0 Å². The van der Waals surface area contributed by atoms with Gasteiger partial charge >= 0.3 is 0 Å². The lowest BCUT2D eigenvalue weighted by Gasteiger charge is -2.17. The number of allylic oxidation sites excluding steroid dienone is 8. The highest BCUT2D eigenvalue weighted by molar-refractivity contribution is 6.50. The molecule has 5 aliphatic heterocycles. The van der Waals surface area contributed by atoms with E-state index >= 15 is 0 Å².